The van der Waals surface area contributed by atoms with E-state index in [0.717, 1.165) is 34.1 Å². The molecule has 4 aromatic carbocycles. The number of hydrogen-bond donors (Lipinski definition) is 0. The molecule has 0 radical (unpaired) electrons. The molecule has 1 heterocycles. The normalized spacial score (nSPS) is 15.3. The molecule has 1 aliphatic heterocycles. The van der Waals surface area contributed by atoms with Crippen molar-refractivity contribution in [2.75, 3.05) is 0 Å². The van der Waals surface area contributed by atoms with Gasteiger partial charge in [-0.2, -0.15) is 0 Å². The van der Waals surface area contributed by atoms with Crippen molar-refractivity contribution in [2.24, 2.45) is 0 Å². The summed E-state index contributed by atoms with van der Waals surface area (Å²) in [6, 6.07) is 30.7. The van der Waals surface area contributed by atoms with Crippen LogP contribution in [0.15, 0.2) is 84.9 Å². The summed E-state index contributed by atoms with van der Waals surface area (Å²) in [4.78, 5) is 0. The lowest BCUT2D eigenvalue weighted by atomic mass is 9.66. The number of fused-ring (bicyclic) bond motifs is 9. The highest BCUT2D eigenvalue weighted by atomic mass is 28.4. The first kappa shape index (κ1) is 28.8. The molecule has 0 bridgehead atoms. The second-order valence-electron chi connectivity index (χ2n) is 15.0. The van der Waals surface area contributed by atoms with Crippen molar-refractivity contribution in [1.82, 2.24) is 0 Å². The van der Waals surface area contributed by atoms with Gasteiger partial charge in [-0.05, 0) is 70.7 Å². The van der Waals surface area contributed by atoms with E-state index in [9.17, 15) is 0 Å². The lowest BCUT2D eigenvalue weighted by Gasteiger charge is -2.41. The van der Waals surface area contributed by atoms with Crippen molar-refractivity contribution in [2.45, 2.75) is 83.2 Å². The Balaban J connectivity index is 1.58. The predicted molar refractivity (Wildman–Crippen MR) is 179 cm³/mol. The first-order chi connectivity index (χ1) is 19.6. The van der Waals surface area contributed by atoms with E-state index in [-0.39, 0.29) is 10.1 Å². The number of benzene rings is 4. The van der Waals surface area contributed by atoms with Crippen molar-refractivity contribution in [3.63, 3.8) is 0 Å². The topological polar surface area (TPSA) is 27.7 Å². The van der Waals surface area contributed by atoms with Crippen LogP contribution in [0.2, 0.25) is 36.3 Å². The summed E-state index contributed by atoms with van der Waals surface area (Å²) in [6.45, 7) is 22.8. The Bertz CT molecular complexity index is 1560. The molecule has 4 aromatic rings. The van der Waals surface area contributed by atoms with Crippen molar-refractivity contribution in [3.8, 4) is 34.1 Å². The summed E-state index contributed by atoms with van der Waals surface area (Å²) in [5, 5.41) is 0.188. The fourth-order valence-corrected chi connectivity index (χ4v) is 7.94. The third kappa shape index (κ3) is 4.27. The monoisotopic (exact) mass is 592 g/mol. The fourth-order valence-electron chi connectivity index (χ4n) is 5.90. The van der Waals surface area contributed by atoms with Gasteiger partial charge >= 0.3 is 0 Å². The number of ether oxygens (including phenoxy) is 1. The molecule has 5 heteroatoms. The largest absolute Gasteiger partial charge is 0.543 e. The summed E-state index contributed by atoms with van der Waals surface area (Å²) in [5.74, 6) is 3.42. The molecule has 1 spiro atoms. The maximum absolute atomic E-state index is 6.85. The van der Waals surface area contributed by atoms with Gasteiger partial charge in [0.2, 0.25) is 16.6 Å². The van der Waals surface area contributed by atoms with Crippen LogP contribution in [0.25, 0.3) is 11.1 Å². The summed E-state index contributed by atoms with van der Waals surface area (Å²) in [5.41, 5.74) is 6.91. The molecule has 2 aliphatic rings. The van der Waals surface area contributed by atoms with Crippen molar-refractivity contribution in [1.29, 1.82) is 0 Å². The Hall–Kier alpha value is -3.29. The fraction of sp³-hybridized carbons (Fsp3) is 0.351. The van der Waals surface area contributed by atoms with Crippen LogP contribution in [0.3, 0.4) is 0 Å². The van der Waals surface area contributed by atoms with E-state index < -0.39 is 22.0 Å². The van der Waals surface area contributed by atoms with Gasteiger partial charge in [-0.15, -0.1) is 0 Å². The van der Waals surface area contributed by atoms with Crippen LogP contribution in [0.1, 0.15) is 63.8 Å². The number of hydrogen-bond acceptors (Lipinski definition) is 3. The third-order valence-electron chi connectivity index (χ3n) is 10.2. The highest BCUT2D eigenvalue weighted by molar-refractivity contribution is 6.75. The second kappa shape index (κ2) is 9.36. The Kier molecular flexibility index (Phi) is 6.42. The van der Waals surface area contributed by atoms with E-state index in [2.05, 4.69) is 153 Å². The first-order valence-corrected chi connectivity index (χ1v) is 20.9. The Labute approximate surface area is 254 Å². The zero-order valence-corrected chi connectivity index (χ0v) is 28.8. The van der Waals surface area contributed by atoms with E-state index >= 15 is 0 Å². The SMILES string of the molecule is CC(C)(C)[Si](C)(C)Oc1ccc2c(c1)Oc1cc(O[Si](C)(C)C(C)(C)C)ccc1C21c2ccccc2-c2ccccc21. The molecule has 0 amide bonds. The van der Waals surface area contributed by atoms with E-state index in [0.29, 0.717) is 0 Å². The van der Waals surface area contributed by atoms with Gasteiger partial charge in [-0.25, -0.2) is 0 Å². The maximum atomic E-state index is 6.85. The molecule has 0 saturated carbocycles. The van der Waals surface area contributed by atoms with Gasteiger partial charge in [-0.3, -0.25) is 0 Å². The van der Waals surface area contributed by atoms with Gasteiger partial charge in [0.25, 0.3) is 0 Å². The van der Waals surface area contributed by atoms with Crippen LogP contribution in [0, 0.1) is 0 Å². The summed E-state index contributed by atoms with van der Waals surface area (Å²) in [7, 11) is -4.09. The van der Waals surface area contributed by atoms with Gasteiger partial charge in [0.15, 0.2) is 0 Å². The smallest absolute Gasteiger partial charge is 0.250 e. The molecule has 3 nitrogen and oxygen atoms in total. The molecule has 0 unspecified atom stereocenters. The molecule has 42 heavy (non-hydrogen) atoms. The molecule has 0 fully saturated rings. The molecular weight excluding hydrogens is 549 g/mol. The van der Waals surface area contributed by atoms with E-state index in [1.54, 1.807) is 0 Å². The molecule has 218 valence electrons. The van der Waals surface area contributed by atoms with Gasteiger partial charge in [0.1, 0.15) is 23.0 Å². The Morgan fingerprint density at radius 3 is 1.29 bits per heavy atom. The summed E-state index contributed by atoms with van der Waals surface area (Å²) >= 11 is 0. The highest BCUT2D eigenvalue weighted by Crippen LogP contribution is 2.62. The van der Waals surface area contributed by atoms with Gasteiger partial charge in [0.05, 0.1) is 5.41 Å². The average Bonchev–Trinajstić information content (AvgIpc) is 3.18. The van der Waals surface area contributed by atoms with Crippen LogP contribution in [-0.4, -0.2) is 16.6 Å². The molecule has 0 N–H and O–H groups in total. The summed E-state index contributed by atoms with van der Waals surface area (Å²) < 4.78 is 20.4. The van der Waals surface area contributed by atoms with Crippen LogP contribution in [0.4, 0.5) is 0 Å². The molecule has 1 aliphatic carbocycles. The summed E-state index contributed by atoms with van der Waals surface area (Å²) in [6.07, 6.45) is 0. The first-order valence-electron chi connectivity index (χ1n) is 15.1. The van der Waals surface area contributed by atoms with Crippen LogP contribution < -0.4 is 13.6 Å². The minimum absolute atomic E-state index is 0.0941. The average molecular weight is 593 g/mol. The van der Waals surface area contributed by atoms with Gasteiger partial charge in [0, 0.05) is 23.3 Å². The lowest BCUT2D eigenvalue weighted by Crippen LogP contribution is -2.44. The third-order valence-corrected chi connectivity index (χ3v) is 19.0. The van der Waals surface area contributed by atoms with Gasteiger partial charge in [-0.1, -0.05) is 102 Å². The van der Waals surface area contributed by atoms with Gasteiger partial charge < -0.3 is 13.6 Å². The minimum atomic E-state index is -2.04. The molecular formula is C37H44O3Si2. The minimum Gasteiger partial charge on any atom is -0.543 e. The Morgan fingerprint density at radius 1 is 0.524 bits per heavy atom. The highest BCUT2D eigenvalue weighted by Gasteiger charge is 2.51. The second-order valence-corrected chi connectivity index (χ2v) is 24.4. The van der Waals surface area contributed by atoms with Crippen molar-refractivity contribution in [3.05, 3.63) is 107 Å². The van der Waals surface area contributed by atoms with Crippen molar-refractivity contribution < 1.29 is 13.6 Å². The Morgan fingerprint density at radius 2 is 0.905 bits per heavy atom. The van der Waals surface area contributed by atoms with Crippen molar-refractivity contribution >= 4 is 16.6 Å². The standard InChI is InChI=1S/C37H44O3Si2/c1-35(2,3)41(7,8)39-25-19-21-31-33(23-25)38-34-24-26(40-42(9,10)36(4,5)6)20-22-32(34)37(31)29-17-13-11-15-27(29)28-16-12-14-18-30(28)37/h11-24H,1-10H3. The van der Waals surface area contributed by atoms with E-state index in [4.69, 9.17) is 13.6 Å². The van der Waals surface area contributed by atoms with Crippen LogP contribution in [-0.2, 0) is 5.41 Å². The predicted octanol–water partition coefficient (Wildman–Crippen LogP) is 10.9. The molecule has 0 saturated heterocycles. The zero-order chi connectivity index (χ0) is 30.3. The molecule has 0 atom stereocenters. The number of rotatable bonds is 4. The molecule has 6 rings (SSSR count). The van der Waals surface area contributed by atoms with Crippen LogP contribution >= 0.6 is 0 Å². The van der Waals surface area contributed by atoms with E-state index in [1.807, 2.05) is 0 Å². The zero-order valence-electron chi connectivity index (χ0n) is 26.8. The van der Waals surface area contributed by atoms with E-state index in [1.165, 1.54) is 22.3 Å². The lowest BCUT2D eigenvalue weighted by molar-refractivity contribution is 0.424. The molecule has 0 aromatic heterocycles. The maximum Gasteiger partial charge on any atom is 0.250 e. The van der Waals surface area contributed by atoms with Crippen LogP contribution in [0.5, 0.6) is 23.0 Å². The quantitative estimate of drug-likeness (QED) is 0.191.